The van der Waals surface area contributed by atoms with Crippen LogP contribution in [-0.4, -0.2) is 47.2 Å². The molecule has 1 fully saturated rings. The van der Waals surface area contributed by atoms with Crippen molar-refractivity contribution in [2.24, 2.45) is 5.92 Å². The Morgan fingerprint density at radius 1 is 1.23 bits per heavy atom. The van der Waals surface area contributed by atoms with Gasteiger partial charge in [-0.15, -0.1) is 0 Å². The Labute approximate surface area is 196 Å². The average Bonchev–Trinajstić information content (AvgIpc) is 3.18. The normalized spacial score (nSPS) is 15.7. The smallest absolute Gasteiger partial charge is 0.333 e. The van der Waals surface area contributed by atoms with Crippen molar-refractivity contribution in [2.75, 3.05) is 29.9 Å². The molecule has 1 heterocycles. The Balaban J connectivity index is 1.70. The predicted molar refractivity (Wildman–Crippen MR) is 116 cm³/mol. The molecule has 0 radical (unpaired) electrons. The molecule has 3 amide bonds. The third-order valence-corrected chi connectivity index (χ3v) is 5.45. The van der Waals surface area contributed by atoms with E-state index in [0.717, 1.165) is 34.1 Å². The summed E-state index contributed by atoms with van der Waals surface area (Å²) in [6.07, 6.45) is -4.94. The van der Waals surface area contributed by atoms with Crippen molar-refractivity contribution in [3.05, 3.63) is 64.0 Å². The Bertz CT molecular complexity index is 1170. The van der Waals surface area contributed by atoms with Gasteiger partial charge in [-0.2, -0.15) is 17.6 Å². The van der Waals surface area contributed by atoms with Gasteiger partial charge in [0.2, 0.25) is 23.5 Å². The molecule has 35 heavy (non-hydrogen) atoms. The molecule has 1 unspecified atom stereocenters. The van der Waals surface area contributed by atoms with Crippen molar-refractivity contribution in [1.82, 2.24) is 4.90 Å². The van der Waals surface area contributed by atoms with Crippen LogP contribution in [0.25, 0.3) is 0 Å². The van der Waals surface area contributed by atoms with Crippen LogP contribution in [0.1, 0.15) is 18.9 Å². The summed E-state index contributed by atoms with van der Waals surface area (Å²) in [7, 11) is 0. The van der Waals surface area contributed by atoms with Gasteiger partial charge in [-0.1, -0.05) is 12.1 Å². The molecule has 1 aliphatic heterocycles. The van der Waals surface area contributed by atoms with Crippen LogP contribution in [0, 0.1) is 21.8 Å². The Morgan fingerprint density at radius 3 is 2.54 bits per heavy atom. The van der Waals surface area contributed by atoms with Gasteiger partial charge >= 0.3 is 11.9 Å². The Morgan fingerprint density at radius 2 is 1.91 bits per heavy atom. The first-order valence-electron chi connectivity index (χ1n) is 10.4. The zero-order chi connectivity index (χ0) is 25.9. The van der Waals surface area contributed by atoms with Gasteiger partial charge < -0.3 is 15.1 Å². The lowest BCUT2D eigenvalue weighted by Gasteiger charge is -2.24. The fourth-order valence-corrected chi connectivity index (χ4v) is 3.74. The molecule has 1 aliphatic rings. The molecule has 1 N–H and O–H groups in total. The van der Waals surface area contributed by atoms with Crippen LogP contribution in [0.5, 0.6) is 0 Å². The largest absolute Gasteiger partial charge is 0.418 e. The van der Waals surface area contributed by atoms with Crippen molar-refractivity contribution in [1.29, 1.82) is 0 Å². The maximum absolute atomic E-state index is 13.6. The van der Waals surface area contributed by atoms with Crippen molar-refractivity contribution in [3.63, 3.8) is 0 Å². The van der Waals surface area contributed by atoms with E-state index in [2.05, 4.69) is 5.32 Å². The SMILES string of the molecule is CCN(CC(=O)Nc1ccccc1C(F)(F)F)C(=O)C1CC(=O)N(c2ccc(F)c([N+](=O)[O-])c2)C1. The highest BCUT2D eigenvalue weighted by atomic mass is 19.4. The quantitative estimate of drug-likeness (QED) is 0.358. The number of carbonyl (C=O) groups is 3. The number of para-hydroxylation sites is 1. The molecular formula is C22H20F4N4O5. The Kier molecular flexibility index (Phi) is 7.37. The van der Waals surface area contributed by atoms with Crippen LogP contribution >= 0.6 is 0 Å². The summed E-state index contributed by atoms with van der Waals surface area (Å²) >= 11 is 0. The molecule has 186 valence electrons. The van der Waals surface area contributed by atoms with Crippen LogP contribution in [0.4, 0.5) is 34.6 Å². The number of hydrogen-bond donors (Lipinski definition) is 1. The minimum Gasteiger partial charge on any atom is -0.333 e. The van der Waals surface area contributed by atoms with Gasteiger partial charge in [-0.25, -0.2) is 0 Å². The standard InChI is InChI=1S/C22H20F4N4O5/c1-2-28(12-19(31)27-17-6-4-3-5-15(17)22(24,25)26)21(33)13-9-20(32)29(11-13)14-7-8-16(23)18(10-14)30(34)35/h3-8,10,13H,2,9,11-12H2,1H3,(H,27,31). The van der Waals surface area contributed by atoms with E-state index in [1.807, 2.05) is 0 Å². The molecule has 3 rings (SSSR count). The van der Waals surface area contributed by atoms with Crippen molar-refractivity contribution < 1.29 is 36.9 Å². The number of alkyl halides is 3. The number of carbonyl (C=O) groups excluding carboxylic acids is 3. The van der Waals surface area contributed by atoms with E-state index in [-0.39, 0.29) is 25.2 Å². The maximum Gasteiger partial charge on any atom is 0.418 e. The first-order valence-corrected chi connectivity index (χ1v) is 10.4. The molecule has 2 aromatic rings. The van der Waals surface area contributed by atoms with Gasteiger partial charge in [0.05, 0.1) is 34.3 Å². The van der Waals surface area contributed by atoms with E-state index in [0.29, 0.717) is 0 Å². The molecule has 1 atom stereocenters. The number of nitro groups is 1. The lowest BCUT2D eigenvalue weighted by molar-refractivity contribution is -0.387. The summed E-state index contributed by atoms with van der Waals surface area (Å²) in [4.78, 5) is 50.1. The second kappa shape index (κ2) is 10.1. The summed E-state index contributed by atoms with van der Waals surface area (Å²) in [5.41, 5.74) is -2.26. The van der Waals surface area contributed by atoms with Crippen LogP contribution in [0.2, 0.25) is 0 Å². The average molecular weight is 496 g/mol. The first kappa shape index (κ1) is 25.6. The monoisotopic (exact) mass is 496 g/mol. The van der Waals surface area contributed by atoms with Gasteiger partial charge in [0, 0.05) is 25.6 Å². The zero-order valence-electron chi connectivity index (χ0n) is 18.3. The third-order valence-electron chi connectivity index (χ3n) is 5.45. The molecule has 0 aliphatic carbocycles. The second-order valence-corrected chi connectivity index (χ2v) is 7.74. The number of nitrogens with zero attached hydrogens (tertiary/aromatic N) is 3. The van der Waals surface area contributed by atoms with Gasteiger partial charge in [-0.05, 0) is 31.2 Å². The van der Waals surface area contributed by atoms with Gasteiger partial charge in [0.1, 0.15) is 0 Å². The summed E-state index contributed by atoms with van der Waals surface area (Å²) in [6, 6.07) is 7.33. The summed E-state index contributed by atoms with van der Waals surface area (Å²) in [5, 5.41) is 13.1. The molecule has 9 nitrogen and oxygen atoms in total. The minimum absolute atomic E-state index is 0.0415. The number of rotatable bonds is 7. The number of nitro benzene ring substituents is 1. The highest BCUT2D eigenvalue weighted by Gasteiger charge is 2.38. The molecule has 13 heteroatoms. The summed E-state index contributed by atoms with van der Waals surface area (Å²) in [6.45, 7) is 0.899. The van der Waals surface area contributed by atoms with Crippen LogP contribution < -0.4 is 10.2 Å². The fraction of sp³-hybridized carbons (Fsp3) is 0.318. The summed E-state index contributed by atoms with van der Waals surface area (Å²) in [5.74, 6) is -3.94. The van der Waals surface area contributed by atoms with Crippen molar-refractivity contribution in [2.45, 2.75) is 19.5 Å². The van der Waals surface area contributed by atoms with Crippen LogP contribution in [-0.2, 0) is 20.6 Å². The number of benzene rings is 2. The predicted octanol–water partition coefficient (Wildman–Crippen LogP) is 3.59. The van der Waals surface area contributed by atoms with E-state index >= 15 is 0 Å². The number of anilines is 2. The van der Waals surface area contributed by atoms with Crippen molar-refractivity contribution in [3.8, 4) is 0 Å². The topological polar surface area (TPSA) is 113 Å². The molecule has 0 spiro atoms. The second-order valence-electron chi connectivity index (χ2n) is 7.74. The van der Waals surface area contributed by atoms with Crippen LogP contribution in [0.15, 0.2) is 42.5 Å². The van der Waals surface area contributed by atoms with E-state index in [1.54, 1.807) is 6.92 Å². The van der Waals surface area contributed by atoms with Gasteiger partial charge in [-0.3, -0.25) is 24.5 Å². The lowest BCUT2D eigenvalue weighted by Crippen LogP contribution is -2.42. The molecule has 0 saturated carbocycles. The molecule has 1 saturated heterocycles. The zero-order valence-corrected chi connectivity index (χ0v) is 18.3. The van der Waals surface area contributed by atoms with Crippen molar-refractivity contribution >= 4 is 34.8 Å². The molecule has 0 aromatic heterocycles. The van der Waals surface area contributed by atoms with E-state index in [1.165, 1.54) is 18.2 Å². The maximum atomic E-state index is 13.6. The molecule has 0 bridgehead atoms. The molecule has 2 aromatic carbocycles. The number of nitrogens with one attached hydrogen (secondary N) is 1. The minimum atomic E-state index is -4.69. The van der Waals surface area contributed by atoms with E-state index in [4.69, 9.17) is 0 Å². The molecular weight excluding hydrogens is 476 g/mol. The lowest BCUT2D eigenvalue weighted by atomic mass is 10.1. The number of halogens is 4. The van der Waals surface area contributed by atoms with E-state index in [9.17, 15) is 42.1 Å². The highest BCUT2D eigenvalue weighted by Crippen LogP contribution is 2.34. The van der Waals surface area contributed by atoms with Crippen LogP contribution in [0.3, 0.4) is 0 Å². The van der Waals surface area contributed by atoms with Gasteiger partial charge in [0.15, 0.2) is 0 Å². The highest BCUT2D eigenvalue weighted by molar-refractivity contribution is 6.01. The van der Waals surface area contributed by atoms with E-state index < -0.39 is 64.0 Å². The summed E-state index contributed by atoms with van der Waals surface area (Å²) < 4.78 is 53.1. The number of likely N-dealkylation sites (N-methyl/N-ethyl adjacent to an activating group) is 1. The number of hydrogen-bond acceptors (Lipinski definition) is 5. The Hall–Kier alpha value is -4.03. The number of amides is 3. The third kappa shape index (κ3) is 5.73. The fourth-order valence-electron chi connectivity index (χ4n) is 3.74. The van der Waals surface area contributed by atoms with Gasteiger partial charge in [0.25, 0.3) is 0 Å². The first-order chi connectivity index (χ1) is 16.4.